The molecule has 1 aliphatic heterocycles. The second-order valence-corrected chi connectivity index (χ2v) is 9.02. The minimum Gasteiger partial charge on any atom is -0.326 e. The zero-order valence-corrected chi connectivity index (χ0v) is 17.1. The fourth-order valence-corrected chi connectivity index (χ4v) is 5.09. The molecule has 0 atom stereocenters. The highest BCUT2D eigenvalue weighted by atomic mass is 32.2. The predicted molar refractivity (Wildman–Crippen MR) is 110 cm³/mol. The molecule has 1 amide bonds. The molecule has 0 saturated carbocycles. The first-order valence-electron chi connectivity index (χ1n) is 9.25. The van der Waals surface area contributed by atoms with E-state index in [0.717, 1.165) is 5.56 Å². The minimum absolute atomic E-state index is 0.0680. The van der Waals surface area contributed by atoms with Gasteiger partial charge < -0.3 is 10.3 Å². The number of amides is 1. The van der Waals surface area contributed by atoms with Gasteiger partial charge in [0.2, 0.25) is 15.9 Å². The maximum absolute atomic E-state index is 12.3. The number of rotatable bonds is 5. The van der Waals surface area contributed by atoms with Crippen LogP contribution in [-0.2, 0) is 21.2 Å². The number of nitriles is 1. The van der Waals surface area contributed by atoms with Crippen molar-refractivity contribution in [2.75, 3.05) is 21.9 Å². The van der Waals surface area contributed by atoms with E-state index in [4.69, 9.17) is 5.26 Å². The van der Waals surface area contributed by atoms with Crippen molar-refractivity contribution in [3.8, 4) is 6.07 Å². The molecule has 0 bridgehead atoms. The zero-order chi connectivity index (χ0) is 21.2. The maximum Gasteiger partial charge on any atom is 0.266 e. The number of aryl methyl sites for hydroxylation is 1. The van der Waals surface area contributed by atoms with E-state index in [1.807, 2.05) is 6.07 Å². The van der Waals surface area contributed by atoms with E-state index < -0.39 is 15.6 Å². The van der Waals surface area contributed by atoms with Crippen LogP contribution in [0.15, 0.2) is 29.1 Å². The van der Waals surface area contributed by atoms with E-state index in [-0.39, 0.29) is 23.6 Å². The Bertz CT molecular complexity index is 1140. The minimum atomic E-state index is -3.23. The largest absolute Gasteiger partial charge is 0.326 e. The van der Waals surface area contributed by atoms with Gasteiger partial charge in [-0.2, -0.15) is 5.26 Å². The quantitative estimate of drug-likeness (QED) is 0.774. The Morgan fingerprint density at radius 2 is 1.97 bits per heavy atom. The average Bonchev–Trinajstić information content (AvgIpc) is 3.01. The number of hydrogen-bond donors (Lipinski definition) is 2. The summed E-state index contributed by atoms with van der Waals surface area (Å²) in [7, 11) is -3.23. The van der Waals surface area contributed by atoms with Crippen molar-refractivity contribution >= 4 is 27.3 Å². The van der Waals surface area contributed by atoms with E-state index in [2.05, 4.69) is 10.3 Å². The molecular weight excluding hydrogens is 392 g/mol. The number of aromatic nitrogens is 1. The first-order chi connectivity index (χ1) is 13.7. The van der Waals surface area contributed by atoms with Crippen LogP contribution in [0, 0.1) is 25.2 Å². The van der Waals surface area contributed by atoms with Gasteiger partial charge >= 0.3 is 0 Å². The molecule has 0 radical (unpaired) electrons. The van der Waals surface area contributed by atoms with Crippen LogP contribution in [-0.4, -0.2) is 31.6 Å². The first kappa shape index (κ1) is 20.6. The number of anilines is 2. The molecule has 3 rings (SSSR count). The van der Waals surface area contributed by atoms with Crippen molar-refractivity contribution in [1.82, 2.24) is 4.98 Å². The molecule has 9 heteroatoms. The lowest BCUT2D eigenvalue weighted by Crippen LogP contribution is -2.25. The molecule has 2 aromatic rings. The first-order valence-corrected chi connectivity index (χ1v) is 10.9. The lowest BCUT2D eigenvalue weighted by atomic mass is 9.99. The lowest BCUT2D eigenvalue weighted by molar-refractivity contribution is -0.116. The van der Waals surface area contributed by atoms with Gasteiger partial charge in [0.25, 0.3) is 5.56 Å². The van der Waals surface area contributed by atoms with Crippen molar-refractivity contribution < 1.29 is 13.2 Å². The van der Waals surface area contributed by atoms with Crippen molar-refractivity contribution in [3.63, 3.8) is 0 Å². The highest BCUT2D eigenvalue weighted by Gasteiger charge is 2.28. The number of H-pyrrole nitrogens is 1. The molecule has 29 heavy (non-hydrogen) atoms. The number of carbonyl (C=O) groups excluding carboxylic acids is 1. The summed E-state index contributed by atoms with van der Waals surface area (Å²) >= 11 is 0. The topological polar surface area (TPSA) is 123 Å². The normalized spacial score (nSPS) is 15.1. The van der Waals surface area contributed by atoms with Gasteiger partial charge in [0.15, 0.2) is 0 Å². The van der Waals surface area contributed by atoms with Crippen LogP contribution in [0.5, 0.6) is 0 Å². The predicted octanol–water partition coefficient (Wildman–Crippen LogP) is 1.97. The number of benzene rings is 1. The van der Waals surface area contributed by atoms with Crippen LogP contribution in [0.2, 0.25) is 0 Å². The van der Waals surface area contributed by atoms with Gasteiger partial charge in [-0.3, -0.25) is 13.9 Å². The van der Waals surface area contributed by atoms with Gasteiger partial charge in [0, 0.05) is 24.3 Å². The van der Waals surface area contributed by atoms with Gasteiger partial charge in [0.1, 0.15) is 11.6 Å². The van der Waals surface area contributed by atoms with E-state index in [1.165, 1.54) is 4.31 Å². The molecule has 1 aromatic carbocycles. The third-order valence-electron chi connectivity index (χ3n) is 5.06. The fourth-order valence-electron chi connectivity index (χ4n) is 3.52. The third-order valence-corrected chi connectivity index (χ3v) is 6.93. The monoisotopic (exact) mass is 414 g/mol. The lowest BCUT2D eigenvalue weighted by Gasteiger charge is -2.17. The van der Waals surface area contributed by atoms with Crippen LogP contribution in [0.4, 0.5) is 11.4 Å². The number of nitrogens with one attached hydrogen (secondary N) is 2. The summed E-state index contributed by atoms with van der Waals surface area (Å²) in [5, 5.41) is 11.9. The number of pyridine rings is 1. The highest BCUT2D eigenvalue weighted by molar-refractivity contribution is 7.93. The van der Waals surface area contributed by atoms with Crippen LogP contribution in [0.25, 0.3) is 0 Å². The standard InChI is InChI=1S/C20H22N4O4S/c1-13-17(14(2)22-20(26)18(13)12-21)8-9-19(25)23-15-4-6-16(7-5-15)24-10-3-11-29(24,27)28/h4-7H,3,8-11H2,1-2H3,(H,22,26)(H,23,25). The van der Waals surface area contributed by atoms with Crippen LogP contribution < -0.4 is 15.2 Å². The molecule has 2 N–H and O–H groups in total. The van der Waals surface area contributed by atoms with E-state index in [9.17, 15) is 18.0 Å². The Hall–Kier alpha value is -3.12. The van der Waals surface area contributed by atoms with Crippen molar-refractivity contribution in [2.45, 2.75) is 33.1 Å². The number of aromatic amines is 1. The summed E-state index contributed by atoms with van der Waals surface area (Å²) in [6.45, 7) is 3.92. The Morgan fingerprint density at radius 1 is 1.28 bits per heavy atom. The summed E-state index contributed by atoms with van der Waals surface area (Å²) in [6, 6.07) is 8.59. The van der Waals surface area contributed by atoms with Crippen molar-refractivity contribution in [2.24, 2.45) is 0 Å². The molecule has 1 fully saturated rings. The number of sulfonamides is 1. The molecule has 0 spiro atoms. The summed E-state index contributed by atoms with van der Waals surface area (Å²) in [6.07, 6.45) is 1.18. The number of carbonyl (C=O) groups is 1. The van der Waals surface area contributed by atoms with Gasteiger partial charge in [0.05, 0.1) is 11.4 Å². The SMILES string of the molecule is Cc1[nH]c(=O)c(C#N)c(C)c1CCC(=O)Nc1ccc(N2CCCS2(=O)=O)cc1. The summed E-state index contributed by atoms with van der Waals surface area (Å²) < 4.78 is 25.3. The Kier molecular flexibility index (Phi) is 5.75. The molecule has 2 heterocycles. The van der Waals surface area contributed by atoms with E-state index in [1.54, 1.807) is 38.1 Å². The second kappa shape index (κ2) is 8.09. The Morgan fingerprint density at radius 3 is 2.55 bits per heavy atom. The molecule has 152 valence electrons. The number of nitrogens with zero attached hydrogens (tertiary/aromatic N) is 2. The molecule has 8 nitrogen and oxygen atoms in total. The van der Waals surface area contributed by atoms with E-state index >= 15 is 0 Å². The summed E-state index contributed by atoms with van der Waals surface area (Å²) in [5.41, 5.74) is 2.83. The Labute approximate surface area is 169 Å². The third kappa shape index (κ3) is 4.32. The molecule has 1 aliphatic rings. The highest BCUT2D eigenvalue weighted by Crippen LogP contribution is 2.25. The average molecular weight is 414 g/mol. The molecule has 0 aliphatic carbocycles. The molecule has 1 saturated heterocycles. The van der Waals surface area contributed by atoms with Crippen molar-refractivity contribution in [1.29, 1.82) is 5.26 Å². The molecule has 1 aromatic heterocycles. The van der Waals surface area contributed by atoms with Crippen LogP contribution >= 0.6 is 0 Å². The number of hydrogen-bond acceptors (Lipinski definition) is 5. The summed E-state index contributed by atoms with van der Waals surface area (Å²) in [4.78, 5) is 26.8. The van der Waals surface area contributed by atoms with Crippen molar-refractivity contribution in [3.05, 3.63) is 57.0 Å². The van der Waals surface area contributed by atoms with Crippen LogP contribution in [0.1, 0.15) is 35.2 Å². The molecular formula is C20H22N4O4S. The Balaban J connectivity index is 1.65. The van der Waals surface area contributed by atoms with Gasteiger partial charge in [-0.25, -0.2) is 8.42 Å². The van der Waals surface area contributed by atoms with Gasteiger partial charge in [-0.05, 0) is 62.1 Å². The maximum atomic E-state index is 12.3. The van der Waals surface area contributed by atoms with Gasteiger partial charge in [-0.1, -0.05) is 0 Å². The smallest absolute Gasteiger partial charge is 0.266 e. The van der Waals surface area contributed by atoms with Gasteiger partial charge in [-0.15, -0.1) is 0 Å². The van der Waals surface area contributed by atoms with Crippen LogP contribution in [0.3, 0.4) is 0 Å². The fraction of sp³-hybridized carbons (Fsp3) is 0.350. The second-order valence-electron chi connectivity index (χ2n) is 7.01. The molecule has 0 unspecified atom stereocenters. The summed E-state index contributed by atoms with van der Waals surface area (Å²) in [5.74, 6) is -0.0576. The zero-order valence-electron chi connectivity index (χ0n) is 16.3. The van der Waals surface area contributed by atoms with E-state index in [0.29, 0.717) is 42.0 Å².